The molecule has 0 heterocycles. The highest BCUT2D eigenvalue weighted by Gasteiger charge is 2.31. The molecule has 0 aromatic heterocycles. The number of aromatic hydroxyl groups is 4. The number of rotatable bonds is 1. The average molecular weight is 387 g/mol. The van der Waals surface area contributed by atoms with Gasteiger partial charge in [0.25, 0.3) is 0 Å². The van der Waals surface area contributed by atoms with Crippen LogP contribution in [0.25, 0.3) is 11.1 Å². The number of benzene rings is 3. The first kappa shape index (κ1) is 17.7. The Hall–Kier alpha value is -3.68. The van der Waals surface area contributed by atoms with Crippen LogP contribution in [0, 0.1) is 0 Å². The highest BCUT2D eigenvalue weighted by molar-refractivity contribution is 6.25. The Kier molecular flexibility index (Phi) is 3.74. The molecule has 0 saturated heterocycles. The van der Waals surface area contributed by atoms with Crippen molar-refractivity contribution in [1.82, 2.24) is 0 Å². The zero-order valence-corrected chi connectivity index (χ0v) is 14.0. The van der Waals surface area contributed by atoms with Crippen LogP contribution in [0.4, 0.5) is 18.9 Å². The van der Waals surface area contributed by atoms with E-state index in [0.717, 1.165) is 12.1 Å². The Labute approximate surface area is 156 Å². The van der Waals surface area contributed by atoms with Crippen LogP contribution in [0.3, 0.4) is 0 Å². The van der Waals surface area contributed by atoms with Crippen molar-refractivity contribution in [2.75, 3.05) is 0 Å². The van der Waals surface area contributed by atoms with Crippen LogP contribution < -0.4 is 0 Å². The van der Waals surface area contributed by atoms with Crippen LogP contribution in [0.1, 0.15) is 16.7 Å². The van der Waals surface area contributed by atoms with Gasteiger partial charge < -0.3 is 20.4 Å². The van der Waals surface area contributed by atoms with Gasteiger partial charge in [-0.3, -0.25) is 0 Å². The lowest BCUT2D eigenvalue weighted by Gasteiger charge is -2.07. The number of phenolic OH excluding ortho intramolecular Hbond substituents is 4. The summed E-state index contributed by atoms with van der Waals surface area (Å²) in [5.41, 5.74) is 1.38. The summed E-state index contributed by atoms with van der Waals surface area (Å²) >= 11 is 0. The predicted molar refractivity (Wildman–Crippen MR) is 95.3 cm³/mol. The Bertz CT molecular complexity index is 1080. The Morgan fingerprint density at radius 1 is 0.607 bits per heavy atom. The lowest BCUT2D eigenvalue weighted by Crippen LogP contribution is -2.03. The van der Waals surface area contributed by atoms with Gasteiger partial charge in [-0.15, -0.1) is 0 Å². The molecule has 0 bridgehead atoms. The molecule has 28 heavy (non-hydrogen) atoms. The van der Waals surface area contributed by atoms with Gasteiger partial charge in [-0.05, 0) is 59.7 Å². The van der Waals surface area contributed by atoms with Crippen molar-refractivity contribution in [2.45, 2.75) is 6.18 Å². The van der Waals surface area contributed by atoms with Gasteiger partial charge in [-0.2, -0.15) is 13.2 Å². The zero-order chi connectivity index (χ0) is 20.2. The second-order valence-electron chi connectivity index (χ2n) is 6.28. The molecule has 0 saturated carbocycles. The minimum absolute atomic E-state index is 0.224. The molecule has 3 aromatic carbocycles. The average Bonchev–Trinajstić information content (AvgIpc) is 2.88. The zero-order valence-electron chi connectivity index (χ0n) is 14.0. The van der Waals surface area contributed by atoms with E-state index >= 15 is 0 Å². The van der Waals surface area contributed by atoms with Crippen molar-refractivity contribution in [3.05, 3.63) is 65.2 Å². The van der Waals surface area contributed by atoms with E-state index in [-0.39, 0.29) is 22.9 Å². The van der Waals surface area contributed by atoms with Gasteiger partial charge in [0.1, 0.15) is 0 Å². The molecular weight excluding hydrogens is 375 g/mol. The summed E-state index contributed by atoms with van der Waals surface area (Å²) in [6.07, 6.45) is -4.47. The summed E-state index contributed by atoms with van der Waals surface area (Å²) in [6.45, 7) is 0. The van der Waals surface area contributed by atoms with Gasteiger partial charge in [0.15, 0.2) is 23.0 Å². The maximum absolute atomic E-state index is 12.7. The number of hydrogen-bond acceptors (Lipinski definition) is 5. The smallest absolute Gasteiger partial charge is 0.416 e. The summed E-state index contributed by atoms with van der Waals surface area (Å²) < 4.78 is 38.2. The Balaban J connectivity index is 1.91. The molecule has 0 amide bonds. The second kappa shape index (κ2) is 5.91. The Morgan fingerprint density at radius 2 is 1.00 bits per heavy atom. The van der Waals surface area contributed by atoms with E-state index in [1.807, 2.05) is 0 Å². The van der Waals surface area contributed by atoms with E-state index < -0.39 is 23.2 Å². The fourth-order valence-corrected chi connectivity index (χ4v) is 3.11. The van der Waals surface area contributed by atoms with Gasteiger partial charge in [0, 0.05) is 11.1 Å². The molecule has 0 unspecified atom stereocenters. The SMILES string of the molecule is Oc1cc2c(cc1O)-c1cc(O)c(O)cc1C2=Nc1ccc(C(F)(F)F)cc1. The number of nitrogens with zero attached hydrogens (tertiary/aromatic N) is 1. The Morgan fingerprint density at radius 3 is 1.39 bits per heavy atom. The molecule has 0 atom stereocenters. The summed E-state index contributed by atoms with van der Waals surface area (Å²) in [6, 6.07) is 9.31. The highest BCUT2D eigenvalue weighted by Crippen LogP contribution is 2.46. The molecule has 1 aliphatic carbocycles. The quantitative estimate of drug-likeness (QED) is 0.357. The van der Waals surface area contributed by atoms with Crippen molar-refractivity contribution >= 4 is 11.4 Å². The molecule has 142 valence electrons. The summed E-state index contributed by atoms with van der Waals surface area (Å²) in [4.78, 5) is 4.37. The third-order valence-corrected chi connectivity index (χ3v) is 4.47. The topological polar surface area (TPSA) is 93.3 Å². The number of phenols is 4. The van der Waals surface area contributed by atoms with Gasteiger partial charge in [0.2, 0.25) is 0 Å². The van der Waals surface area contributed by atoms with Gasteiger partial charge >= 0.3 is 6.18 Å². The van der Waals surface area contributed by atoms with Gasteiger partial charge in [-0.25, -0.2) is 4.99 Å². The van der Waals surface area contributed by atoms with Gasteiger partial charge in [-0.1, -0.05) is 0 Å². The van der Waals surface area contributed by atoms with E-state index in [9.17, 15) is 33.6 Å². The third kappa shape index (κ3) is 2.79. The van der Waals surface area contributed by atoms with Crippen molar-refractivity contribution in [2.24, 2.45) is 4.99 Å². The largest absolute Gasteiger partial charge is 0.504 e. The van der Waals surface area contributed by atoms with E-state index in [0.29, 0.717) is 22.3 Å². The normalized spacial score (nSPS) is 12.6. The first-order chi connectivity index (χ1) is 13.1. The molecule has 5 nitrogen and oxygen atoms in total. The van der Waals surface area contributed by atoms with Crippen LogP contribution in [-0.2, 0) is 6.18 Å². The number of alkyl halides is 3. The predicted octanol–water partition coefficient (Wildman–Crippen LogP) is 4.68. The first-order valence-electron chi connectivity index (χ1n) is 8.04. The minimum Gasteiger partial charge on any atom is -0.504 e. The lowest BCUT2D eigenvalue weighted by atomic mass is 10.0. The molecule has 0 fully saturated rings. The fraction of sp³-hybridized carbons (Fsp3) is 0.0500. The van der Waals surface area contributed by atoms with Crippen LogP contribution in [-0.4, -0.2) is 26.1 Å². The maximum atomic E-state index is 12.7. The van der Waals surface area contributed by atoms with E-state index in [1.54, 1.807) is 0 Å². The van der Waals surface area contributed by atoms with Crippen LogP contribution >= 0.6 is 0 Å². The summed E-state index contributed by atoms with van der Waals surface area (Å²) in [5.74, 6) is -1.57. The van der Waals surface area contributed by atoms with Crippen molar-refractivity contribution in [1.29, 1.82) is 0 Å². The fourth-order valence-electron chi connectivity index (χ4n) is 3.11. The monoisotopic (exact) mass is 387 g/mol. The van der Waals surface area contributed by atoms with Crippen molar-refractivity contribution in [3.8, 4) is 34.1 Å². The molecular formula is C20H12F3NO4. The summed E-state index contributed by atoms with van der Waals surface area (Å²) in [7, 11) is 0. The lowest BCUT2D eigenvalue weighted by molar-refractivity contribution is -0.137. The molecule has 1 aliphatic rings. The third-order valence-electron chi connectivity index (χ3n) is 4.47. The molecule has 0 spiro atoms. The number of hydrogen-bond donors (Lipinski definition) is 4. The second-order valence-corrected chi connectivity index (χ2v) is 6.28. The molecule has 8 heteroatoms. The van der Waals surface area contributed by atoms with Crippen LogP contribution in [0.2, 0.25) is 0 Å². The van der Waals surface area contributed by atoms with Crippen molar-refractivity contribution < 1.29 is 33.6 Å². The molecule has 3 aromatic rings. The number of aliphatic imine (C=N–C) groups is 1. The van der Waals surface area contributed by atoms with E-state index in [2.05, 4.69) is 4.99 Å². The van der Waals surface area contributed by atoms with E-state index in [1.165, 1.54) is 36.4 Å². The molecule has 0 radical (unpaired) electrons. The van der Waals surface area contributed by atoms with E-state index in [4.69, 9.17) is 0 Å². The molecule has 4 N–H and O–H groups in total. The maximum Gasteiger partial charge on any atom is 0.416 e. The minimum atomic E-state index is -4.47. The molecule has 4 rings (SSSR count). The summed E-state index contributed by atoms with van der Waals surface area (Å²) in [5, 5.41) is 39.3. The standard InChI is InChI=1S/C20H12F3NO4/c21-20(22,23)9-1-3-10(4-2-9)24-19-13-7-17(27)15(25)5-11(13)12-6-16(26)18(28)8-14(12)19/h1-8,25-28H. The van der Waals surface area contributed by atoms with Crippen molar-refractivity contribution in [3.63, 3.8) is 0 Å². The molecule has 0 aliphatic heterocycles. The van der Waals surface area contributed by atoms with Crippen LogP contribution in [0.15, 0.2) is 53.5 Å². The number of fused-ring (bicyclic) bond motifs is 3. The van der Waals surface area contributed by atoms with Crippen LogP contribution in [0.5, 0.6) is 23.0 Å². The number of halogens is 3. The highest BCUT2D eigenvalue weighted by atomic mass is 19.4. The first-order valence-corrected chi connectivity index (χ1v) is 8.04. The van der Waals surface area contributed by atoms with Gasteiger partial charge in [0.05, 0.1) is 17.0 Å².